The lowest BCUT2D eigenvalue weighted by atomic mass is 10.1. The van der Waals surface area contributed by atoms with Crippen LogP contribution in [-0.4, -0.2) is 77.0 Å². The average molecular weight is 273 g/mol. The summed E-state index contributed by atoms with van der Waals surface area (Å²) in [6.45, 7) is 6.38. The van der Waals surface area contributed by atoms with Gasteiger partial charge in [-0.3, -0.25) is 4.79 Å². The van der Waals surface area contributed by atoms with E-state index < -0.39 is 0 Å². The molecule has 2 N–H and O–H groups in total. The van der Waals surface area contributed by atoms with Gasteiger partial charge in [0.15, 0.2) is 0 Å². The van der Waals surface area contributed by atoms with Gasteiger partial charge in [0.25, 0.3) is 0 Å². The van der Waals surface area contributed by atoms with Gasteiger partial charge in [0, 0.05) is 19.1 Å². The maximum absolute atomic E-state index is 9.97. The third kappa shape index (κ3) is 8.15. The summed E-state index contributed by atoms with van der Waals surface area (Å²) in [5.41, 5.74) is 0. The van der Waals surface area contributed by atoms with E-state index in [1.165, 1.54) is 12.8 Å². The highest BCUT2D eigenvalue weighted by Crippen LogP contribution is 2.08. The van der Waals surface area contributed by atoms with Crippen LogP contribution in [0.15, 0.2) is 0 Å². The Kier molecular flexibility index (Phi) is 9.61. The van der Waals surface area contributed by atoms with Gasteiger partial charge >= 0.3 is 0 Å². The van der Waals surface area contributed by atoms with Gasteiger partial charge in [-0.15, -0.1) is 0 Å². The summed E-state index contributed by atoms with van der Waals surface area (Å²) in [6.07, 6.45) is 3.13. The smallest absolute Gasteiger partial charge is 0.207 e. The Morgan fingerprint density at radius 1 is 1.16 bits per heavy atom. The number of rotatable bonds is 11. The molecule has 0 spiro atoms. The van der Waals surface area contributed by atoms with Crippen molar-refractivity contribution in [2.24, 2.45) is 0 Å². The van der Waals surface area contributed by atoms with Crippen molar-refractivity contribution in [2.45, 2.75) is 18.9 Å². The standard InChI is InChI=1S/C13H27N3O3/c1-14-13-2-5-16(6-3-13)7-9-19-11-10-18-8-4-15-12-17/h12-14H,2-11H2,1H3,(H,15,17). The van der Waals surface area contributed by atoms with Gasteiger partial charge in [-0.1, -0.05) is 0 Å². The van der Waals surface area contributed by atoms with Crippen LogP contribution in [0.2, 0.25) is 0 Å². The summed E-state index contributed by atoms with van der Waals surface area (Å²) in [5, 5.41) is 5.87. The molecule has 1 aliphatic rings. The molecular formula is C13H27N3O3. The number of nitrogens with zero attached hydrogens (tertiary/aromatic N) is 1. The van der Waals surface area contributed by atoms with E-state index in [1.54, 1.807) is 0 Å². The van der Waals surface area contributed by atoms with Gasteiger partial charge in [0.05, 0.1) is 26.4 Å². The van der Waals surface area contributed by atoms with Crippen LogP contribution in [0.5, 0.6) is 0 Å². The van der Waals surface area contributed by atoms with Crippen LogP contribution in [0.4, 0.5) is 0 Å². The van der Waals surface area contributed by atoms with Crippen LogP contribution in [0.3, 0.4) is 0 Å². The molecule has 0 aromatic heterocycles. The number of carbonyl (C=O) groups is 1. The van der Waals surface area contributed by atoms with Crippen molar-refractivity contribution >= 4 is 6.41 Å². The maximum Gasteiger partial charge on any atom is 0.207 e. The highest BCUT2D eigenvalue weighted by Gasteiger charge is 2.16. The molecule has 1 fully saturated rings. The molecule has 1 saturated heterocycles. The lowest BCUT2D eigenvalue weighted by Crippen LogP contribution is -2.42. The minimum absolute atomic E-state index is 0.541. The van der Waals surface area contributed by atoms with Crippen molar-refractivity contribution in [1.82, 2.24) is 15.5 Å². The van der Waals surface area contributed by atoms with Crippen LogP contribution in [0, 0.1) is 0 Å². The summed E-state index contributed by atoms with van der Waals surface area (Å²) >= 11 is 0. The normalized spacial score (nSPS) is 17.5. The van der Waals surface area contributed by atoms with Gasteiger partial charge in [-0.2, -0.15) is 0 Å². The van der Waals surface area contributed by atoms with E-state index in [-0.39, 0.29) is 0 Å². The molecule has 6 nitrogen and oxygen atoms in total. The summed E-state index contributed by atoms with van der Waals surface area (Å²) in [7, 11) is 2.04. The second kappa shape index (κ2) is 11.2. The molecule has 0 unspecified atom stereocenters. The van der Waals surface area contributed by atoms with Crippen molar-refractivity contribution in [3.8, 4) is 0 Å². The van der Waals surface area contributed by atoms with Gasteiger partial charge in [-0.25, -0.2) is 0 Å². The third-order valence-corrected chi connectivity index (χ3v) is 3.39. The molecule has 0 bridgehead atoms. The number of likely N-dealkylation sites (tertiary alicyclic amines) is 1. The van der Waals surface area contributed by atoms with E-state index in [2.05, 4.69) is 15.5 Å². The zero-order valence-electron chi connectivity index (χ0n) is 11.9. The molecule has 0 aliphatic carbocycles. The van der Waals surface area contributed by atoms with Crippen molar-refractivity contribution in [3.05, 3.63) is 0 Å². The van der Waals surface area contributed by atoms with Crippen LogP contribution >= 0.6 is 0 Å². The molecule has 0 saturated carbocycles. The van der Waals surface area contributed by atoms with E-state index in [9.17, 15) is 4.79 Å². The summed E-state index contributed by atoms with van der Waals surface area (Å²) in [6, 6.07) is 0.686. The monoisotopic (exact) mass is 273 g/mol. The molecular weight excluding hydrogens is 246 g/mol. The first-order chi connectivity index (χ1) is 9.36. The maximum atomic E-state index is 9.97. The van der Waals surface area contributed by atoms with E-state index in [1.807, 2.05) is 7.05 Å². The molecule has 19 heavy (non-hydrogen) atoms. The SMILES string of the molecule is CNC1CCN(CCOCCOCCNC=O)CC1. The van der Waals surface area contributed by atoms with Crippen molar-refractivity contribution in [1.29, 1.82) is 0 Å². The molecule has 0 aromatic carbocycles. The molecule has 1 amide bonds. The molecule has 1 heterocycles. The van der Waals surface area contributed by atoms with Crippen LogP contribution in [-0.2, 0) is 14.3 Å². The molecule has 0 atom stereocenters. The fourth-order valence-electron chi connectivity index (χ4n) is 2.15. The molecule has 1 rings (SSSR count). The topological polar surface area (TPSA) is 62.8 Å². The number of amides is 1. The fourth-order valence-corrected chi connectivity index (χ4v) is 2.15. The molecule has 112 valence electrons. The first-order valence-corrected chi connectivity index (χ1v) is 7.09. The lowest BCUT2D eigenvalue weighted by Gasteiger charge is -2.31. The number of hydrogen-bond acceptors (Lipinski definition) is 5. The van der Waals surface area contributed by atoms with Crippen molar-refractivity contribution in [3.63, 3.8) is 0 Å². The zero-order valence-corrected chi connectivity index (χ0v) is 11.9. The van der Waals surface area contributed by atoms with Crippen LogP contribution in [0.1, 0.15) is 12.8 Å². The largest absolute Gasteiger partial charge is 0.378 e. The van der Waals surface area contributed by atoms with Gasteiger partial charge in [0.1, 0.15) is 0 Å². The zero-order chi connectivity index (χ0) is 13.8. The van der Waals surface area contributed by atoms with E-state index >= 15 is 0 Å². The van der Waals surface area contributed by atoms with Gasteiger partial charge in [0.2, 0.25) is 6.41 Å². The Labute approximate surface area is 115 Å². The molecule has 0 radical (unpaired) electrons. The fraction of sp³-hybridized carbons (Fsp3) is 0.923. The lowest BCUT2D eigenvalue weighted by molar-refractivity contribution is -0.109. The average Bonchev–Trinajstić information content (AvgIpc) is 2.46. The number of nitrogens with one attached hydrogen (secondary N) is 2. The number of hydrogen-bond donors (Lipinski definition) is 2. The predicted octanol–water partition coefficient (Wildman–Crippen LogP) is -0.551. The first-order valence-electron chi connectivity index (χ1n) is 7.09. The van der Waals surface area contributed by atoms with Crippen molar-refractivity contribution < 1.29 is 14.3 Å². The first kappa shape index (κ1) is 16.4. The molecule has 1 aliphatic heterocycles. The minimum atomic E-state index is 0.541. The summed E-state index contributed by atoms with van der Waals surface area (Å²) in [5.74, 6) is 0. The Balaban J connectivity index is 1.82. The Morgan fingerprint density at radius 3 is 2.47 bits per heavy atom. The second-order valence-electron chi connectivity index (χ2n) is 4.70. The Morgan fingerprint density at radius 2 is 1.84 bits per heavy atom. The van der Waals surface area contributed by atoms with E-state index in [0.29, 0.717) is 38.8 Å². The van der Waals surface area contributed by atoms with Crippen LogP contribution in [0.25, 0.3) is 0 Å². The quantitative estimate of drug-likeness (QED) is 0.391. The number of ether oxygens (including phenoxy) is 2. The number of piperidine rings is 1. The third-order valence-electron chi connectivity index (χ3n) is 3.39. The highest BCUT2D eigenvalue weighted by atomic mass is 16.5. The Bertz CT molecular complexity index is 221. The van der Waals surface area contributed by atoms with Gasteiger partial charge < -0.3 is 25.0 Å². The highest BCUT2D eigenvalue weighted by molar-refractivity contribution is 5.45. The predicted molar refractivity (Wildman–Crippen MR) is 74.2 cm³/mol. The summed E-state index contributed by atoms with van der Waals surface area (Å²) < 4.78 is 10.8. The Hall–Kier alpha value is -0.690. The second-order valence-corrected chi connectivity index (χ2v) is 4.70. The van der Waals surface area contributed by atoms with Crippen molar-refractivity contribution in [2.75, 3.05) is 59.7 Å². The van der Waals surface area contributed by atoms with Crippen LogP contribution < -0.4 is 10.6 Å². The van der Waals surface area contributed by atoms with E-state index in [0.717, 1.165) is 26.2 Å². The summed E-state index contributed by atoms with van der Waals surface area (Å²) in [4.78, 5) is 12.4. The van der Waals surface area contributed by atoms with E-state index in [4.69, 9.17) is 9.47 Å². The molecule has 6 heteroatoms. The number of carbonyl (C=O) groups excluding carboxylic acids is 1. The molecule has 0 aromatic rings. The van der Waals surface area contributed by atoms with Gasteiger partial charge in [-0.05, 0) is 33.0 Å². The minimum Gasteiger partial charge on any atom is -0.378 e.